The van der Waals surface area contributed by atoms with Crippen molar-refractivity contribution in [2.75, 3.05) is 33.4 Å². The van der Waals surface area contributed by atoms with Gasteiger partial charge in [0.1, 0.15) is 12.7 Å². The minimum absolute atomic E-state index is 0.00526. The van der Waals surface area contributed by atoms with Crippen LogP contribution in [0.5, 0.6) is 0 Å². The number of aliphatic hydroxyl groups is 1. The lowest BCUT2D eigenvalue weighted by atomic mass is 9.94. The SMILES string of the molecule is Cc1ncc([N+](=O)[O-])n1CCN(C)CC1(O)CCOCC1. The van der Waals surface area contributed by atoms with Crippen molar-refractivity contribution in [2.45, 2.75) is 31.9 Å². The van der Waals surface area contributed by atoms with Gasteiger partial charge in [0.05, 0.1) is 5.60 Å². The second-order valence-corrected chi connectivity index (χ2v) is 5.65. The molecule has 0 aliphatic carbocycles. The summed E-state index contributed by atoms with van der Waals surface area (Å²) < 4.78 is 6.85. The number of rotatable bonds is 6. The van der Waals surface area contributed by atoms with Crippen molar-refractivity contribution in [1.82, 2.24) is 14.5 Å². The van der Waals surface area contributed by atoms with Crippen molar-refractivity contribution in [3.63, 3.8) is 0 Å². The lowest BCUT2D eigenvalue weighted by Gasteiger charge is -2.35. The molecule has 21 heavy (non-hydrogen) atoms. The van der Waals surface area contributed by atoms with E-state index in [9.17, 15) is 15.2 Å². The van der Waals surface area contributed by atoms with Gasteiger partial charge < -0.3 is 20.0 Å². The highest BCUT2D eigenvalue weighted by Gasteiger charge is 2.31. The second kappa shape index (κ2) is 6.50. The lowest BCUT2D eigenvalue weighted by Crippen LogP contribution is -2.46. The molecule has 118 valence electrons. The van der Waals surface area contributed by atoms with Crippen LogP contribution in [0, 0.1) is 17.0 Å². The molecule has 1 aliphatic rings. The molecule has 1 fully saturated rings. The molecular formula is C13H22N4O4. The Labute approximate surface area is 123 Å². The zero-order chi connectivity index (χ0) is 15.5. The fourth-order valence-corrected chi connectivity index (χ4v) is 2.64. The van der Waals surface area contributed by atoms with Crippen LogP contribution >= 0.6 is 0 Å². The number of hydrogen-bond donors (Lipinski definition) is 1. The Morgan fingerprint density at radius 1 is 1.57 bits per heavy atom. The summed E-state index contributed by atoms with van der Waals surface area (Å²) in [6, 6.07) is 0. The minimum atomic E-state index is -0.719. The van der Waals surface area contributed by atoms with Crippen LogP contribution < -0.4 is 0 Å². The first kappa shape index (κ1) is 15.9. The number of hydrogen-bond acceptors (Lipinski definition) is 6. The molecule has 2 rings (SSSR count). The molecule has 0 saturated carbocycles. The van der Waals surface area contributed by atoms with Crippen LogP contribution in [0.4, 0.5) is 5.82 Å². The number of likely N-dealkylation sites (N-methyl/N-ethyl adjacent to an activating group) is 1. The van der Waals surface area contributed by atoms with Crippen LogP contribution in [0.15, 0.2) is 6.20 Å². The van der Waals surface area contributed by atoms with Gasteiger partial charge in [-0.05, 0) is 12.0 Å². The first-order chi connectivity index (χ1) is 9.91. The van der Waals surface area contributed by atoms with E-state index in [1.807, 2.05) is 11.9 Å². The highest BCUT2D eigenvalue weighted by atomic mass is 16.6. The number of nitro groups is 1. The monoisotopic (exact) mass is 298 g/mol. The Morgan fingerprint density at radius 2 is 2.24 bits per heavy atom. The Bertz CT molecular complexity index is 496. The zero-order valence-corrected chi connectivity index (χ0v) is 12.5. The van der Waals surface area contributed by atoms with Gasteiger partial charge in [-0.15, -0.1) is 0 Å². The average molecular weight is 298 g/mol. The molecule has 1 saturated heterocycles. The quantitative estimate of drug-likeness (QED) is 0.609. The third-order valence-corrected chi connectivity index (χ3v) is 3.91. The number of aromatic nitrogens is 2. The molecule has 0 aromatic carbocycles. The fraction of sp³-hybridized carbons (Fsp3) is 0.769. The largest absolute Gasteiger partial charge is 0.388 e. The van der Waals surface area contributed by atoms with Crippen LogP contribution in [-0.4, -0.2) is 63.4 Å². The average Bonchev–Trinajstić information content (AvgIpc) is 2.78. The van der Waals surface area contributed by atoms with Crippen molar-refractivity contribution in [3.05, 3.63) is 22.1 Å². The Morgan fingerprint density at radius 3 is 2.86 bits per heavy atom. The van der Waals surface area contributed by atoms with Crippen LogP contribution in [0.1, 0.15) is 18.7 Å². The van der Waals surface area contributed by atoms with Gasteiger partial charge in [-0.1, -0.05) is 0 Å². The van der Waals surface area contributed by atoms with Gasteiger partial charge in [0.2, 0.25) is 0 Å². The number of imidazole rings is 1. The molecule has 1 aliphatic heterocycles. The third kappa shape index (κ3) is 3.99. The van der Waals surface area contributed by atoms with Crippen molar-refractivity contribution >= 4 is 5.82 Å². The summed E-state index contributed by atoms with van der Waals surface area (Å²) in [6.45, 7) is 4.54. The van der Waals surface area contributed by atoms with Gasteiger partial charge in [0, 0.05) is 46.1 Å². The molecule has 0 amide bonds. The van der Waals surface area contributed by atoms with E-state index >= 15 is 0 Å². The zero-order valence-electron chi connectivity index (χ0n) is 12.5. The van der Waals surface area contributed by atoms with Crippen LogP contribution in [0.3, 0.4) is 0 Å². The van der Waals surface area contributed by atoms with Gasteiger partial charge in [-0.25, -0.2) is 9.55 Å². The predicted molar refractivity (Wildman–Crippen MR) is 76.1 cm³/mol. The van der Waals surface area contributed by atoms with Crippen LogP contribution in [-0.2, 0) is 11.3 Å². The smallest absolute Gasteiger partial charge is 0.342 e. The van der Waals surface area contributed by atoms with E-state index in [0.29, 0.717) is 51.5 Å². The Kier molecular flexibility index (Phi) is 4.92. The maximum absolute atomic E-state index is 10.9. The molecule has 0 spiro atoms. The van der Waals surface area contributed by atoms with E-state index in [4.69, 9.17) is 4.74 Å². The maximum atomic E-state index is 10.9. The van der Waals surface area contributed by atoms with Crippen LogP contribution in [0.2, 0.25) is 0 Å². The van der Waals surface area contributed by atoms with Crippen molar-refractivity contribution in [3.8, 4) is 0 Å². The topological polar surface area (TPSA) is 93.7 Å². The van der Waals surface area contributed by atoms with E-state index in [1.165, 1.54) is 6.20 Å². The normalized spacial score (nSPS) is 18.1. The molecule has 8 nitrogen and oxygen atoms in total. The van der Waals surface area contributed by atoms with Gasteiger partial charge in [-0.2, -0.15) is 0 Å². The molecule has 8 heteroatoms. The van der Waals surface area contributed by atoms with Crippen molar-refractivity contribution in [2.24, 2.45) is 0 Å². The van der Waals surface area contributed by atoms with E-state index in [2.05, 4.69) is 4.98 Å². The molecule has 0 atom stereocenters. The summed E-state index contributed by atoms with van der Waals surface area (Å²) in [5, 5.41) is 21.4. The van der Waals surface area contributed by atoms with Gasteiger partial charge in [-0.3, -0.25) is 4.90 Å². The summed E-state index contributed by atoms with van der Waals surface area (Å²) >= 11 is 0. The van der Waals surface area contributed by atoms with E-state index < -0.39 is 10.5 Å². The predicted octanol–water partition coefficient (Wildman–Crippen LogP) is 0.573. The van der Waals surface area contributed by atoms with Gasteiger partial charge >= 0.3 is 5.82 Å². The molecule has 0 radical (unpaired) electrons. The molecule has 0 unspecified atom stereocenters. The first-order valence-electron chi connectivity index (χ1n) is 7.06. The molecular weight excluding hydrogens is 276 g/mol. The number of ether oxygens (including phenoxy) is 1. The minimum Gasteiger partial charge on any atom is -0.388 e. The van der Waals surface area contributed by atoms with E-state index in [1.54, 1.807) is 11.5 Å². The molecule has 2 heterocycles. The summed E-state index contributed by atoms with van der Waals surface area (Å²) in [4.78, 5) is 16.5. The summed E-state index contributed by atoms with van der Waals surface area (Å²) in [7, 11) is 1.91. The molecule has 1 N–H and O–H groups in total. The van der Waals surface area contributed by atoms with E-state index in [0.717, 1.165) is 0 Å². The van der Waals surface area contributed by atoms with Crippen molar-refractivity contribution in [1.29, 1.82) is 0 Å². The molecule has 1 aromatic heterocycles. The fourth-order valence-electron chi connectivity index (χ4n) is 2.64. The third-order valence-electron chi connectivity index (χ3n) is 3.91. The highest BCUT2D eigenvalue weighted by molar-refractivity contribution is 5.18. The summed E-state index contributed by atoms with van der Waals surface area (Å²) in [5.41, 5.74) is -0.719. The Balaban J connectivity index is 1.90. The number of aryl methyl sites for hydroxylation is 1. The van der Waals surface area contributed by atoms with Gasteiger partial charge in [0.15, 0.2) is 5.82 Å². The molecule has 1 aromatic rings. The summed E-state index contributed by atoms with van der Waals surface area (Å²) in [6.07, 6.45) is 2.53. The van der Waals surface area contributed by atoms with Crippen LogP contribution in [0.25, 0.3) is 0 Å². The number of nitrogens with zero attached hydrogens (tertiary/aromatic N) is 4. The standard InChI is InChI=1S/C13H22N4O4/c1-11-14-9-12(17(19)20)16(11)6-5-15(2)10-13(18)3-7-21-8-4-13/h9,18H,3-8,10H2,1-2H3. The lowest BCUT2D eigenvalue weighted by molar-refractivity contribution is -0.392. The highest BCUT2D eigenvalue weighted by Crippen LogP contribution is 2.21. The Hall–Kier alpha value is -1.51. The first-order valence-corrected chi connectivity index (χ1v) is 7.06. The van der Waals surface area contributed by atoms with Gasteiger partial charge in [0.25, 0.3) is 0 Å². The van der Waals surface area contributed by atoms with Crippen molar-refractivity contribution < 1.29 is 14.8 Å². The summed E-state index contributed by atoms with van der Waals surface area (Å²) in [5.74, 6) is 0.630. The maximum Gasteiger partial charge on any atom is 0.342 e. The van der Waals surface area contributed by atoms with E-state index in [-0.39, 0.29) is 5.82 Å². The second-order valence-electron chi connectivity index (χ2n) is 5.65. The molecule has 0 bridgehead atoms.